The third-order valence-electron chi connectivity index (χ3n) is 4.19. The highest BCUT2D eigenvalue weighted by atomic mass is 35.5. The van der Waals surface area contributed by atoms with E-state index in [0.29, 0.717) is 5.39 Å². The van der Waals surface area contributed by atoms with Crippen LogP contribution in [-0.4, -0.2) is 9.55 Å². The van der Waals surface area contributed by atoms with E-state index in [0.717, 1.165) is 46.9 Å². The van der Waals surface area contributed by atoms with Gasteiger partial charge < -0.3 is 0 Å². The standard InChI is InChI=1S/C19H15ClN2O/c20-15-9-7-13(8-10-15)12-14-4-3-11-22-18(14)21-17-6-2-1-5-16(17)19(22)23/h1-2,5-10,12H,3-4,11H2/b14-12+. The minimum atomic E-state index is 0.0484. The summed E-state index contributed by atoms with van der Waals surface area (Å²) >= 11 is 5.94. The molecule has 0 fully saturated rings. The van der Waals surface area contributed by atoms with E-state index < -0.39 is 0 Å². The summed E-state index contributed by atoms with van der Waals surface area (Å²) in [7, 11) is 0. The van der Waals surface area contributed by atoms with Crippen LogP contribution in [-0.2, 0) is 6.54 Å². The monoisotopic (exact) mass is 322 g/mol. The number of allylic oxidation sites excluding steroid dienone is 1. The van der Waals surface area contributed by atoms with Crippen molar-refractivity contribution < 1.29 is 0 Å². The smallest absolute Gasteiger partial charge is 0.261 e. The van der Waals surface area contributed by atoms with Gasteiger partial charge in [-0.15, -0.1) is 0 Å². The van der Waals surface area contributed by atoms with Crippen molar-refractivity contribution in [3.8, 4) is 0 Å². The molecule has 2 heterocycles. The number of para-hydroxylation sites is 1. The number of rotatable bonds is 1. The SMILES string of the molecule is O=c1c2ccccc2nc2n1CCC/C2=C\c1ccc(Cl)cc1. The van der Waals surface area contributed by atoms with Crippen molar-refractivity contribution >= 4 is 34.2 Å². The second kappa shape index (κ2) is 5.67. The maximum Gasteiger partial charge on any atom is 0.261 e. The molecular weight excluding hydrogens is 308 g/mol. The average molecular weight is 323 g/mol. The van der Waals surface area contributed by atoms with Crippen molar-refractivity contribution in [1.82, 2.24) is 9.55 Å². The molecule has 0 saturated heterocycles. The van der Waals surface area contributed by atoms with Gasteiger partial charge in [-0.25, -0.2) is 4.98 Å². The molecule has 0 aliphatic carbocycles. The highest BCUT2D eigenvalue weighted by Crippen LogP contribution is 2.27. The molecule has 4 heteroatoms. The Kier molecular flexibility index (Phi) is 3.50. The van der Waals surface area contributed by atoms with Crippen LogP contribution >= 0.6 is 11.6 Å². The zero-order chi connectivity index (χ0) is 15.8. The third-order valence-corrected chi connectivity index (χ3v) is 4.44. The van der Waals surface area contributed by atoms with E-state index in [4.69, 9.17) is 16.6 Å². The predicted octanol–water partition coefficient (Wildman–Crippen LogP) is 4.38. The van der Waals surface area contributed by atoms with E-state index in [1.807, 2.05) is 48.5 Å². The van der Waals surface area contributed by atoms with Crippen LogP contribution in [0.25, 0.3) is 22.6 Å². The maximum absolute atomic E-state index is 12.7. The van der Waals surface area contributed by atoms with Gasteiger partial charge in [-0.1, -0.05) is 35.9 Å². The van der Waals surface area contributed by atoms with E-state index in [1.54, 1.807) is 4.57 Å². The van der Waals surface area contributed by atoms with Crippen LogP contribution < -0.4 is 5.56 Å². The van der Waals surface area contributed by atoms with Crippen LogP contribution in [0.3, 0.4) is 0 Å². The number of fused-ring (bicyclic) bond motifs is 2. The Hall–Kier alpha value is -2.39. The van der Waals surface area contributed by atoms with Crippen LogP contribution in [0.4, 0.5) is 0 Å². The second-order valence-corrected chi connectivity index (χ2v) is 6.17. The highest BCUT2D eigenvalue weighted by molar-refractivity contribution is 6.30. The normalized spacial score (nSPS) is 15.8. The van der Waals surface area contributed by atoms with E-state index >= 15 is 0 Å². The van der Waals surface area contributed by atoms with Crippen LogP contribution in [0.5, 0.6) is 0 Å². The van der Waals surface area contributed by atoms with E-state index in [2.05, 4.69) is 6.08 Å². The Morgan fingerprint density at radius 1 is 1.09 bits per heavy atom. The Morgan fingerprint density at radius 2 is 1.87 bits per heavy atom. The molecular formula is C19H15ClN2O. The first kappa shape index (κ1) is 14.2. The van der Waals surface area contributed by atoms with Gasteiger partial charge in [-0.2, -0.15) is 0 Å². The van der Waals surface area contributed by atoms with Crippen LogP contribution in [0, 0.1) is 0 Å². The van der Waals surface area contributed by atoms with Crippen molar-refractivity contribution in [2.75, 3.05) is 0 Å². The molecule has 4 rings (SSSR count). The van der Waals surface area contributed by atoms with Gasteiger partial charge in [-0.05, 0) is 54.3 Å². The minimum absolute atomic E-state index is 0.0484. The Balaban J connectivity index is 1.91. The second-order valence-electron chi connectivity index (χ2n) is 5.73. The molecule has 114 valence electrons. The van der Waals surface area contributed by atoms with E-state index in [1.165, 1.54) is 0 Å². The largest absolute Gasteiger partial charge is 0.292 e. The molecule has 0 spiro atoms. The van der Waals surface area contributed by atoms with Gasteiger partial charge in [0.2, 0.25) is 0 Å². The first-order valence-electron chi connectivity index (χ1n) is 7.68. The molecule has 1 aromatic heterocycles. The summed E-state index contributed by atoms with van der Waals surface area (Å²) in [6.45, 7) is 0.726. The average Bonchev–Trinajstić information content (AvgIpc) is 2.58. The Labute approximate surface area is 138 Å². The number of benzene rings is 2. The lowest BCUT2D eigenvalue weighted by molar-refractivity contribution is 0.587. The van der Waals surface area contributed by atoms with Crippen molar-refractivity contribution in [2.24, 2.45) is 0 Å². The van der Waals surface area contributed by atoms with Gasteiger partial charge in [0.05, 0.1) is 10.9 Å². The summed E-state index contributed by atoms with van der Waals surface area (Å²) in [4.78, 5) is 17.4. The van der Waals surface area contributed by atoms with Gasteiger partial charge in [0.15, 0.2) is 0 Å². The fourth-order valence-corrected chi connectivity index (χ4v) is 3.18. The zero-order valence-electron chi connectivity index (χ0n) is 12.5. The van der Waals surface area contributed by atoms with Crippen molar-refractivity contribution in [2.45, 2.75) is 19.4 Å². The van der Waals surface area contributed by atoms with Crippen LogP contribution in [0.15, 0.2) is 53.3 Å². The summed E-state index contributed by atoms with van der Waals surface area (Å²) in [6.07, 6.45) is 3.97. The van der Waals surface area contributed by atoms with Crippen molar-refractivity contribution in [1.29, 1.82) is 0 Å². The van der Waals surface area contributed by atoms with E-state index in [-0.39, 0.29) is 5.56 Å². The first-order chi connectivity index (χ1) is 11.2. The summed E-state index contributed by atoms with van der Waals surface area (Å²) in [5, 5.41) is 1.40. The molecule has 0 unspecified atom stereocenters. The molecule has 0 radical (unpaired) electrons. The van der Waals surface area contributed by atoms with Crippen molar-refractivity contribution in [3.05, 3.63) is 75.3 Å². The van der Waals surface area contributed by atoms with Crippen LogP contribution in [0.2, 0.25) is 5.02 Å². The summed E-state index contributed by atoms with van der Waals surface area (Å²) in [5.74, 6) is 0.787. The Morgan fingerprint density at radius 3 is 2.70 bits per heavy atom. The van der Waals surface area contributed by atoms with Crippen LogP contribution in [0.1, 0.15) is 24.2 Å². The summed E-state index contributed by atoms with van der Waals surface area (Å²) in [5.41, 5.74) is 2.97. The Bertz CT molecular complexity index is 971. The quantitative estimate of drug-likeness (QED) is 0.666. The molecule has 0 N–H and O–H groups in total. The third kappa shape index (κ3) is 2.57. The van der Waals surface area contributed by atoms with Gasteiger partial charge in [0, 0.05) is 11.6 Å². The predicted molar refractivity (Wildman–Crippen MR) is 94.6 cm³/mol. The molecule has 3 nitrogen and oxygen atoms in total. The fraction of sp³-hybridized carbons (Fsp3) is 0.158. The fourth-order valence-electron chi connectivity index (χ4n) is 3.06. The van der Waals surface area contributed by atoms with Gasteiger partial charge >= 0.3 is 0 Å². The van der Waals surface area contributed by atoms with Gasteiger partial charge in [-0.3, -0.25) is 9.36 Å². The lowest BCUT2D eigenvalue weighted by Gasteiger charge is -2.20. The lowest BCUT2D eigenvalue weighted by atomic mass is 10.0. The molecule has 0 amide bonds. The molecule has 3 aromatic rings. The molecule has 2 aromatic carbocycles. The highest BCUT2D eigenvalue weighted by Gasteiger charge is 2.18. The van der Waals surface area contributed by atoms with Gasteiger partial charge in [0.25, 0.3) is 5.56 Å². The molecule has 0 atom stereocenters. The number of hydrogen-bond acceptors (Lipinski definition) is 2. The minimum Gasteiger partial charge on any atom is -0.292 e. The topological polar surface area (TPSA) is 34.9 Å². The molecule has 1 aliphatic heterocycles. The molecule has 23 heavy (non-hydrogen) atoms. The zero-order valence-corrected chi connectivity index (χ0v) is 13.3. The van der Waals surface area contributed by atoms with Gasteiger partial charge in [0.1, 0.15) is 5.82 Å². The molecule has 1 aliphatic rings. The number of hydrogen-bond donors (Lipinski definition) is 0. The lowest BCUT2D eigenvalue weighted by Crippen LogP contribution is -2.27. The first-order valence-corrected chi connectivity index (χ1v) is 8.06. The van der Waals surface area contributed by atoms with E-state index in [9.17, 15) is 4.79 Å². The molecule has 0 bridgehead atoms. The summed E-state index contributed by atoms with van der Waals surface area (Å²) in [6, 6.07) is 15.2. The summed E-state index contributed by atoms with van der Waals surface area (Å²) < 4.78 is 1.80. The van der Waals surface area contributed by atoms with Crippen molar-refractivity contribution in [3.63, 3.8) is 0 Å². The number of halogens is 1. The number of nitrogens with zero attached hydrogens (tertiary/aromatic N) is 2. The maximum atomic E-state index is 12.7. The number of aromatic nitrogens is 2. The molecule has 0 saturated carbocycles.